The maximum Gasteiger partial charge on any atom is 0.0589 e. The summed E-state index contributed by atoms with van der Waals surface area (Å²) in [6, 6.07) is 0. The lowest BCUT2D eigenvalue weighted by atomic mass is 10.3. The predicted octanol–water partition coefficient (Wildman–Crippen LogP) is -0.401. The highest BCUT2D eigenvalue weighted by Crippen LogP contribution is 2.01. The topological polar surface area (TPSA) is 41.7 Å². The largest absolute Gasteiger partial charge is 0.383 e. The van der Waals surface area contributed by atoms with Crippen LogP contribution in [0.4, 0.5) is 0 Å². The number of nitrogens with zero attached hydrogens (tertiary/aromatic N) is 2. The van der Waals surface area contributed by atoms with Gasteiger partial charge in [-0.15, -0.1) is 0 Å². The van der Waals surface area contributed by atoms with Crippen LogP contribution in [0, 0.1) is 0 Å². The van der Waals surface area contributed by atoms with Gasteiger partial charge in [0.1, 0.15) is 0 Å². The summed E-state index contributed by atoms with van der Waals surface area (Å²) in [5.41, 5.74) is 5.49. The molecule has 0 aromatic rings. The summed E-state index contributed by atoms with van der Waals surface area (Å²) >= 11 is 0. The number of piperazine rings is 1. The zero-order valence-electron chi connectivity index (χ0n) is 9.24. The van der Waals surface area contributed by atoms with Crippen LogP contribution in [0.2, 0.25) is 0 Å². The third kappa shape index (κ3) is 4.37. The molecule has 0 bridgehead atoms. The average molecular weight is 201 g/mol. The molecule has 1 rings (SSSR count). The fraction of sp³-hybridized carbons (Fsp3) is 1.00. The van der Waals surface area contributed by atoms with Crippen LogP contribution in [0.1, 0.15) is 6.42 Å². The molecule has 1 heterocycles. The van der Waals surface area contributed by atoms with E-state index in [-0.39, 0.29) is 0 Å². The Balaban J connectivity index is 2.05. The van der Waals surface area contributed by atoms with Gasteiger partial charge in [-0.1, -0.05) is 0 Å². The predicted molar refractivity (Wildman–Crippen MR) is 58.4 cm³/mol. The van der Waals surface area contributed by atoms with Gasteiger partial charge in [-0.05, 0) is 19.5 Å². The van der Waals surface area contributed by atoms with Gasteiger partial charge in [0.2, 0.25) is 0 Å². The quantitative estimate of drug-likeness (QED) is 0.635. The number of nitrogens with two attached hydrogens (primary N) is 1. The van der Waals surface area contributed by atoms with E-state index in [4.69, 9.17) is 10.5 Å². The lowest BCUT2D eigenvalue weighted by Gasteiger charge is -2.34. The molecule has 0 aromatic heterocycles. The van der Waals surface area contributed by atoms with Crippen molar-refractivity contribution in [3.05, 3.63) is 0 Å². The zero-order valence-corrected chi connectivity index (χ0v) is 9.24. The minimum absolute atomic E-state index is 0.809. The van der Waals surface area contributed by atoms with Gasteiger partial charge < -0.3 is 15.4 Å². The monoisotopic (exact) mass is 201 g/mol. The molecule has 1 saturated heterocycles. The van der Waals surface area contributed by atoms with Crippen LogP contribution in [0.25, 0.3) is 0 Å². The Morgan fingerprint density at radius 2 is 1.64 bits per heavy atom. The first kappa shape index (κ1) is 11.9. The van der Waals surface area contributed by atoms with Crippen LogP contribution in [-0.4, -0.2) is 69.3 Å². The molecule has 1 fully saturated rings. The first-order valence-corrected chi connectivity index (χ1v) is 5.50. The first-order chi connectivity index (χ1) is 6.86. The standard InChI is InChI=1S/C10H23N3O/c1-14-10-9-13-7-5-12(6-8-13)4-2-3-11/h2-11H2,1H3. The van der Waals surface area contributed by atoms with E-state index in [1.165, 1.54) is 26.2 Å². The second-order valence-electron chi connectivity index (χ2n) is 3.82. The third-order valence-electron chi connectivity index (χ3n) is 2.76. The lowest BCUT2D eigenvalue weighted by Crippen LogP contribution is -2.47. The van der Waals surface area contributed by atoms with E-state index in [1.807, 2.05) is 0 Å². The number of ether oxygens (including phenoxy) is 1. The maximum atomic E-state index is 5.49. The molecule has 1 aliphatic heterocycles. The van der Waals surface area contributed by atoms with Crippen LogP contribution < -0.4 is 5.73 Å². The summed E-state index contributed by atoms with van der Waals surface area (Å²) in [7, 11) is 1.76. The van der Waals surface area contributed by atoms with Crippen LogP contribution in [0.15, 0.2) is 0 Å². The number of hydrogen-bond acceptors (Lipinski definition) is 4. The molecule has 0 aromatic carbocycles. The third-order valence-corrected chi connectivity index (χ3v) is 2.76. The van der Waals surface area contributed by atoms with Crippen molar-refractivity contribution in [3.8, 4) is 0 Å². The fourth-order valence-corrected chi connectivity index (χ4v) is 1.77. The molecule has 0 radical (unpaired) electrons. The minimum atomic E-state index is 0.809. The van der Waals surface area contributed by atoms with E-state index < -0.39 is 0 Å². The van der Waals surface area contributed by atoms with Gasteiger partial charge in [-0.2, -0.15) is 0 Å². The Hall–Kier alpha value is -0.160. The highest BCUT2D eigenvalue weighted by Gasteiger charge is 2.15. The van der Waals surface area contributed by atoms with Gasteiger partial charge in [0.15, 0.2) is 0 Å². The van der Waals surface area contributed by atoms with Crippen molar-refractivity contribution in [2.24, 2.45) is 5.73 Å². The molecule has 84 valence electrons. The van der Waals surface area contributed by atoms with Gasteiger partial charge in [0.25, 0.3) is 0 Å². The Morgan fingerprint density at radius 1 is 1.07 bits per heavy atom. The molecule has 0 unspecified atom stereocenters. The van der Waals surface area contributed by atoms with Gasteiger partial charge >= 0.3 is 0 Å². The summed E-state index contributed by atoms with van der Waals surface area (Å²) < 4.78 is 5.06. The van der Waals surface area contributed by atoms with Crippen molar-refractivity contribution in [1.29, 1.82) is 0 Å². The van der Waals surface area contributed by atoms with Crippen LogP contribution in [0.3, 0.4) is 0 Å². The molecule has 0 spiro atoms. The van der Waals surface area contributed by atoms with Crippen molar-refractivity contribution in [2.75, 3.05) is 59.5 Å². The van der Waals surface area contributed by atoms with Gasteiger partial charge in [0.05, 0.1) is 6.61 Å². The van der Waals surface area contributed by atoms with Crippen LogP contribution in [0.5, 0.6) is 0 Å². The normalized spacial score (nSPS) is 20.1. The summed E-state index contributed by atoms with van der Waals surface area (Å²) in [5.74, 6) is 0. The molecule has 0 saturated carbocycles. The summed E-state index contributed by atoms with van der Waals surface area (Å²) in [6.07, 6.45) is 1.12. The van der Waals surface area contributed by atoms with Crippen molar-refractivity contribution in [3.63, 3.8) is 0 Å². The summed E-state index contributed by atoms with van der Waals surface area (Å²) in [6.45, 7) is 8.61. The van der Waals surface area contributed by atoms with E-state index in [0.29, 0.717) is 0 Å². The van der Waals surface area contributed by atoms with Gasteiger partial charge in [-0.3, -0.25) is 4.90 Å². The lowest BCUT2D eigenvalue weighted by molar-refractivity contribution is 0.0968. The first-order valence-electron chi connectivity index (χ1n) is 5.50. The number of rotatable bonds is 6. The molecule has 0 atom stereocenters. The second kappa shape index (κ2) is 7.17. The summed E-state index contributed by atoms with van der Waals surface area (Å²) in [4.78, 5) is 4.96. The molecule has 1 aliphatic rings. The molecule has 2 N–H and O–H groups in total. The molecule has 0 amide bonds. The number of hydrogen-bond donors (Lipinski definition) is 1. The van der Waals surface area contributed by atoms with E-state index in [2.05, 4.69) is 9.80 Å². The van der Waals surface area contributed by atoms with Crippen molar-refractivity contribution in [2.45, 2.75) is 6.42 Å². The van der Waals surface area contributed by atoms with Gasteiger partial charge in [0, 0.05) is 39.8 Å². The molecule has 0 aliphatic carbocycles. The van der Waals surface area contributed by atoms with Crippen molar-refractivity contribution < 1.29 is 4.74 Å². The van der Waals surface area contributed by atoms with Crippen molar-refractivity contribution in [1.82, 2.24) is 9.80 Å². The van der Waals surface area contributed by atoms with Crippen molar-refractivity contribution >= 4 is 0 Å². The Kier molecular flexibility index (Phi) is 6.10. The zero-order chi connectivity index (χ0) is 10.2. The molecular weight excluding hydrogens is 178 g/mol. The Bertz CT molecular complexity index is 119. The highest BCUT2D eigenvalue weighted by molar-refractivity contribution is 4.71. The van der Waals surface area contributed by atoms with Gasteiger partial charge in [-0.25, -0.2) is 0 Å². The minimum Gasteiger partial charge on any atom is -0.383 e. The number of methoxy groups -OCH3 is 1. The average Bonchev–Trinajstić information content (AvgIpc) is 2.25. The van der Waals surface area contributed by atoms with Crippen LogP contribution >= 0.6 is 0 Å². The van der Waals surface area contributed by atoms with E-state index in [0.717, 1.165) is 32.7 Å². The fourth-order valence-electron chi connectivity index (χ4n) is 1.77. The second-order valence-corrected chi connectivity index (χ2v) is 3.82. The Morgan fingerprint density at radius 3 is 2.14 bits per heavy atom. The van der Waals surface area contributed by atoms with E-state index >= 15 is 0 Å². The highest BCUT2D eigenvalue weighted by atomic mass is 16.5. The van der Waals surface area contributed by atoms with Crippen LogP contribution in [-0.2, 0) is 4.74 Å². The van der Waals surface area contributed by atoms with E-state index in [9.17, 15) is 0 Å². The smallest absolute Gasteiger partial charge is 0.0589 e. The molecule has 14 heavy (non-hydrogen) atoms. The summed E-state index contributed by atoms with van der Waals surface area (Å²) in [5, 5.41) is 0. The Labute approximate surface area is 87.0 Å². The molecular formula is C10H23N3O. The molecule has 4 nitrogen and oxygen atoms in total. The maximum absolute atomic E-state index is 5.49. The van der Waals surface area contributed by atoms with E-state index in [1.54, 1.807) is 7.11 Å². The SMILES string of the molecule is COCCN1CCN(CCCN)CC1. The molecule has 4 heteroatoms.